The molecule has 2 rings (SSSR count). The van der Waals surface area contributed by atoms with Gasteiger partial charge in [0.15, 0.2) is 0 Å². The van der Waals surface area contributed by atoms with Gasteiger partial charge >= 0.3 is 5.97 Å². The van der Waals surface area contributed by atoms with Crippen LogP contribution in [-0.2, 0) is 11.4 Å². The molecule has 0 saturated carbocycles. The maximum absolute atomic E-state index is 12.9. The minimum atomic E-state index is -1.34. The largest absolute Gasteiger partial charge is 0.488 e. The van der Waals surface area contributed by atoms with Gasteiger partial charge in [0.1, 0.15) is 29.8 Å². The average Bonchev–Trinajstić information content (AvgIpc) is 2.53. The fourth-order valence-electron chi connectivity index (χ4n) is 1.80. The Morgan fingerprint density at radius 1 is 1.30 bits per heavy atom. The van der Waals surface area contributed by atoms with Crippen LogP contribution >= 0.6 is 11.6 Å². The van der Waals surface area contributed by atoms with E-state index in [1.165, 1.54) is 24.3 Å². The molecule has 0 amide bonds. The number of nitriles is 1. The minimum absolute atomic E-state index is 0.164. The first kappa shape index (κ1) is 16.5. The van der Waals surface area contributed by atoms with Crippen molar-refractivity contribution in [2.24, 2.45) is 0 Å². The molecule has 0 saturated heterocycles. The Balaban J connectivity index is 2.27. The van der Waals surface area contributed by atoms with Crippen molar-refractivity contribution in [1.29, 1.82) is 5.26 Å². The summed E-state index contributed by atoms with van der Waals surface area (Å²) in [6.07, 6.45) is 1.19. The molecule has 0 aliphatic rings. The number of carboxylic acid groups (broad SMARTS) is 1. The van der Waals surface area contributed by atoms with Crippen LogP contribution in [-0.4, -0.2) is 11.1 Å². The van der Waals surface area contributed by atoms with Gasteiger partial charge < -0.3 is 9.84 Å². The lowest BCUT2D eigenvalue weighted by molar-refractivity contribution is -0.132. The van der Waals surface area contributed by atoms with Gasteiger partial charge in [0.25, 0.3) is 0 Å². The number of carboxylic acids is 1. The van der Waals surface area contributed by atoms with Crippen LogP contribution in [0.4, 0.5) is 4.39 Å². The van der Waals surface area contributed by atoms with Gasteiger partial charge in [0, 0.05) is 10.6 Å². The third-order valence-corrected chi connectivity index (χ3v) is 3.17. The molecule has 0 aromatic heterocycles. The molecule has 0 bridgehead atoms. The molecular weight excluding hydrogens is 321 g/mol. The Morgan fingerprint density at radius 3 is 2.61 bits per heavy atom. The maximum atomic E-state index is 12.9. The van der Waals surface area contributed by atoms with Crippen molar-refractivity contribution in [3.05, 3.63) is 70.0 Å². The summed E-state index contributed by atoms with van der Waals surface area (Å²) in [5.74, 6) is -1.31. The van der Waals surface area contributed by atoms with Crippen LogP contribution in [0, 0.1) is 17.1 Å². The zero-order valence-corrected chi connectivity index (χ0v) is 12.5. The van der Waals surface area contributed by atoms with Gasteiger partial charge in [-0.15, -0.1) is 0 Å². The Bertz CT molecular complexity index is 794. The molecule has 0 fully saturated rings. The fourth-order valence-corrected chi connectivity index (χ4v) is 1.98. The molecule has 0 aliphatic heterocycles. The second kappa shape index (κ2) is 7.43. The smallest absolute Gasteiger partial charge is 0.346 e. The second-order valence-electron chi connectivity index (χ2n) is 4.57. The minimum Gasteiger partial charge on any atom is -0.488 e. The number of rotatable bonds is 5. The predicted octanol–water partition coefficient (Wildman–Crippen LogP) is 4.05. The molecule has 0 heterocycles. The van der Waals surface area contributed by atoms with E-state index in [1.807, 2.05) is 0 Å². The zero-order chi connectivity index (χ0) is 16.8. The fraction of sp³-hybridized carbons (Fsp3) is 0.0588. The van der Waals surface area contributed by atoms with Crippen LogP contribution in [0.5, 0.6) is 5.75 Å². The van der Waals surface area contributed by atoms with Crippen molar-refractivity contribution in [3.8, 4) is 11.8 Å². The summed E-state index contributed by atoms with van der Waals surface area (Å²) in [4.78, 5) is 10.9. The van der Waals surface area contributed by atoms with Crippen molar-refractivity contribution in [1.82, 2.24) is 0 Å². The van der Waals surface area contributed by atoms with Gasteiger partial charge in [-0.2, -0.15) is 5.26 Å². The zero-order valence-electron chi connectivity index (χ0n) is 11.8. The molecule has 0 spiro atoms. The summed E-state index contributed by atoms with van der Waals surface area (Å²) < 4.78 is 18.5. The number of aliphatic carboxylic acids is 1. The van der Waals surface area contributed by atoms with Gasteiger partial charge in [-0.25, -0.2) is 9.18 Å². The number of benzene rings is 2. The molecule has 6 heteroatoms. The Kier molecular flexibility index (Phi) is 5.34. The second-order valence-corrected chi connectivity index (χ2v) is 5.01. The molecule has 116 valence electrons. The molecular formula is C17H11ClFNO3. The van der Waals surface area contributed by atoms with Gasteiger partial charge in [-0.1, -0.05) is 23.7 Å². The lowest BCUT2D eigenvalue weighted by Gasteiger charge is -2.10. The van der Waals surface area contributed by atoms with E-state index in [1.54, 1.807) is 30.3 Å². The summed E-state index contributed by atoms with van der Waals surface area (Å²) in [5.41, 5.74) is 0.687. The highest BCUT2D eigenvalue weighted by Gasteiger charge is 2.10. The van der Waals surface area contributed by atoms with Crippen LogP contribution < -0.4 is 4.74 Å². The summed E-state index contributed by atoms with van der Waals surface area (Å²) >= 11 is 5.90. The quantitative estimate of drug-likeness (QED) is 0.662. The summed E-state index contributed by atoms with van der Waals surface area (Å²) in [6, 6.07) is 12.1. The standard InChI is InChI=1S/C17H11ClFNO3/c18-14-3-6-16(12(8-14)7-13(9-20)17(21)22)23-10-11-1-4-15(19)5-2-11/h1-8H,10H2,(H,21,22). The monoisotopic (exact) mass is 331 g/mol. The van der Waals surface area contributed by atoms with Crippen molar-refractivity contribution >= 4 is 23.6 Å². The molecule has 4 nitrogen and oxygen atoms in total. The summed E-state index contributed by atoms with van der Waals surface area (Å²) in [7, 11) is 0. The molecule has 0 unspecified atom stereocenters. The van der Waals surface area contributed by atoms with E-state index >= 15 is 0 Å². The van der Waals surface area contributed by atoms with E-state index in [2.05, 4.69) is 0 Å². The van der Waals surface area contributed by atoms with Crippen molar-refractivity contribution in [3.63, 3.8) is 0 Å². The topological polar surface area (TPSA) is 70.3 Å². The number of nitrogens with zero attached hydrogens (tertiary/aromatic N) is 1. The number of hydrogen-bond donors (Lipinski definition) is 1. The summed E-state index contributed by atoms with van der Waals surface area (Å²) in [5, 5.41) is 18.2. The lowest BCUT2D eigenvalue weighted by atomic mass is 10.1. The number of hydrogen-bond acceptors (Lipinski definition) is 3. The highest BCUT2D eigenvalue weighted by molar-refractivity contribution is 6.30. The average molecular weight is 332 g/mol. The third-order valence-electron chi connectivity index (χ3n) is 2.93. The molecule has 23 heavy (non-hydrogen) atoms. The van der Waals surface area contributed by atoms with E-state index in [4.69, 9.17) is 26.7 Å². The van der Waals surface area contributed by atoms with E-state index in [-0.39, 0.29) is 12.4 Å². The first-order valence-electron chi connectivity index (χ1n) is 6.51. The molecule has 0 aliphatic carbocycles. The van der Waals surface area contributed by atoms with Crippen LogP contribution in [0.2, 0.25) is 5.02 Å². The lowest BCUT2D eigenvalue weighted by Crippen LogP contribution is -2.00. The van der Waals surface area contributed by atoms with E-state index in [9.17, 15) is 9.18 Å². The van der Waals surface area contributed by atoms with Crippen molar-refractivity contribution in [2.75, 3.05) is 0 Å². The van der Waals surface area contributed by atoms with E-state index < -0.39 is 11.5 Å². The van der Waals surface area contributed by atoms with Gasteiger partial charge in [-0.3, -0.25) is 0 Å². The van der Waals surface area contributed by atoms with Crippen LogP contribution in [0.1, 0.15) is 11.1 Å². The van der Waals surface area contributed by atoms with E-state index in [0.717, 1.165) is 5.56 Å². The molecule has 1 N–H and O–H groups in total. The Morgan fingerprint density at radius 2 is 2.00 bits per heavy atom. The molecule has 0 radical (unpaired) electrons. The molecule has 2 aromatic rings. The summed E-state index contributed by atoms with van der Waals surface area (Å²) in [6.45, 7) is 0.164. The highest BCUT2D eigenvalue weighted by atomic mass is 35.5. The number of ether oxygens (including phenoxy) is 1. The number of halogens is 2. The normalized spacial score (nSPS) is 10.9. The Hall–Kier alpha value is -2.84. The predicted molar refractivity (Wildman–Crippen MR) is 83.4 cm³/mol. The maximum Gasteiger partial charge on any atom is 0.346 e. The van der Waals surface area contributed by atoms with Crippen molar-refractivity contribution < 1.29 is 19.0 Å². The SMILES string of the molecule is N#CC(=Cc1cc(Cl)ccc1OCc1ccc(F)cc1)C(=O)O. The first-order chi connectivity index (χ1) is 11.0. The first-order valence-corrected chi connectivity index (χ1v) is 6.89. The number of carbonyl (C=O) groups is 1. The molecule has 0 atom stereocenters. The van der Waals surface area contributed by atoms with Crippen LogP contribution in [0.15, 0.2) is 48.0 Å². The third kappa shape index (κ3) is 4.56. The van der Waals surface area contributed by atoms with Crippen LogP contribution in [0.25, 0.3) is 6.08 Å². The Labute approximate surface area is 137 Å². The highest BCUT2D eigenvalue weighted by Crippen LogP contribution is 2.26. The molecule has 2 aromatic carbocycles. The van der Waals surface area contributed by atoms with Crippen LogP contribution in [0.3, 0.4) is 0 Å². The van der Waals surface area contributed by atoms with Gasteiger partial charge in [-0.05, 0) is 42.0 Å². The van der Waals surface area contributed by atoms with E-state index in [0.29, 0.717) is 16.3 Å². The van der Waals surface area contributed by atoms with Gasteiger partial charge in [0.2, 0.25) is 0 Å². The van der Waals surface area contributed by atoms with Crippen molar-refractivity contribution in [2.45, 2.75) is 6.61 Å². The van der Waals surface area contributed by atoms with Gasteiger partial charge in [0.05, 0.1) is 0 Å².